The first-order chi connectivity index (χ1) is 18.0. The monoisotopic (exact) mass is 506 g/mol. The zero-order valence-electron chi connectivity index (χ0n) is 20.9. The molecule has 2 aliphatic rings. The number of carbonyl (C=O) groups excluding carboxylic acids is 2. The van der Waals surface area contributed by atoms with Crippen molar-refractivity contribution < 1.29 is 33.3 Å². The fraction of sp³-hybridized carbons (Fsp3) is 0.357. The third kappa shape index (κ3) is 4.80. The van der Waals surface area contributed by atoms with Gasteiger partial charge in [-0.3, -0.25) is 14.5 Å². The van der Waals surface area contributed by atoms with Crippen LogP contribution in [0.5, 0.6) is 11.5 Å². The number of furan rings is 1. The lowest BCUT2D eigenvalue weighted by molar-refractivity contribution is -0.129. The van der Waals surface area contributed by atoms with E-state index in [1.54, 1.807) is 37.4 Å². The van der Waals surface area contributed by atoms with Crippen LogP contribution in [-0.2, 0) is 9.53 Å². The summed E-state index contributed by atoms with van der Waals surface area (Å²) in [7, 11) is 3.06. The third-order valence-corrected chi connectivity index (χ3v) is 6.91. The average Bonchev–Trinajstić information content (AvgIpc) is 3.48. The molecule has 1 atom stereocenters. The molecule has 0 spiro atoms. The van der Waals surface area contributed by atoms with Crippen molar-refractivity contribution in [1.82, 2.24) is 9.80 Å². The molecule has 0 radical (unpaired) electrons. The Kier molecular flexibility index (Phi) is 7.16. The van der Waals surface area contributed by atoms with Gasteiger partial charge in [0.05, 0.1) is 39.0 Å². The predicted octanol–water partition coefficient (Wildman–Crippen LogP) is 3.75. The van der Waals surface area contributed by atoms with E-state index < -0.39 is 23.5 Å². The number of aliphatic hydroxyl groups is 1. The number of aliphatic hydroxyl groups excluding tert-OH is 1. The van der Waals surface area contributed by atoms with E-state index in [-0.39, 0.29) is 11.3 Å². The van der Waals surface area contributed by atoms with Crippen LogP contribution in [0.1, 0.15) is 28.6 Å². The van der Waals surface area contributed by atoms with Gasteiger partial charge in [-0.25, -0.2) is 0 Å². The molecule has 2 aliphatic heterocycles. The van der Waals surface area contributed by atoms with Crippen molar-refractivity contribution in [2.24, 2.45) is 0 Å². The van der Waals surface area contributed by atoms with Crippen molar-refractivity contribution in [2.45, 2.75) is 12.5 Å². The number of fused-ring (bicyclic) bond motifs is 1. The van der Waals surface area contributed by atoms with Crippen LogP contribution in [0.15, 0.2) is 64.3 Å². The Hall–Kier alpha value is -3.82. The SMILES string of the molecule is COc1ccc(OC)c([C@@H]2C(C(=O)c3cc4ccccc4o3)=C(O)C(=O)N2CCCN2CCOCC2)c1. The highest BCUT2D eigenvalue weighted by Gasteiger charge is 2.45. The van der Waals surface area contributed by atoms with E-state index >= 15 is 0 Å². The average molecular weight is 507 g/mol. The number of benzene rings is 2. The molecular formula is C28H30N2O7. The highest BCUT2D eigenvalue weighted by molar-refractivity contribution is 6.16. The van der Waals surface area contributed by atoms with Crippen molar-refractivity contribution in [3.63, 3.8) is 0 Å². The molecule has 37 heavy (non-hydrogen) atoms. The molecule has 5 rings (SSSR count). The van der Waals surface area contributed by atoms with E-state index in [9.17, 15) is 14.7 Å². The smallest absolute Gasteiger partial charge is 0.290 e. The van der Waals surface area contributed by atoms with E-state index in [4.69, 9.17) is 18.6 Å². The van der Waals surface area contributed by atoms with Gasteiger partial charge in [0.25, 0.3) is 5.91 Å². The van der Waals surface area contributed by atoms with Gasteiger partial charge in [0.2, 0.25) is 5.78 Å². The largest absolute Gasteiger partial charge is 0.503 e. The zero-order valence-corrected chi connectivity index (χ0v) is 20.9. The molecule has 0 unspecified atom stereocenters. The number of hydrogen-bond donors (Lipinski definition) is 1. The second-order valence-electron chi connectivity index (χ2n) is 9.06. The highest BCUT2D eigenvalue weighted by Crippen LogP contribution is 2.44. The van der Waals surface area contributed by atoms with Gasteiger partial charge >= 0.3 is 0 Å². The molecule has 2 aromatic carbocycles. The van der Waals surface area contributed by atoms with Crippen LogP contribution in [-0.4, -0.2) is 80.2 Å². The summed E-state index contributed by atoms with van der Waals surface area (Å²) in [5.41, 5.74) is 1.06. The third-order valence-electron chi connectivity index (χ3n) is 6.91. The standard InChI is InChI=1S/C28H30N2O7/c1-34-19-8-9-22(35-2)20(17-19)25-24(26(31)23-16-18-6-3-4-7-21(18)37-23)27(32)28(33)30(25)11-5-10-29-12-14-36-15-13-29/h3-4,6-9,16-17,25,32H,5,10-15H2,1-2H3/t25-/m1/s1. The number of morpholine rings is 1. The van der Waals surface area contributed by atoms with Crippen LogP contribution in [0, 0.1) is 0 Å². The second kappa shape index (κ2) is 10.7. The molecule has 0 saturated carbocycles. The molecule has 1 amide bonds. The lowest BCUT2D eigenvalue weighted by atomic mass is 9.94. The Morgan fingerprint density at radius 1 is 1.05 bits per heavy atom. The summed E-state index contributed by atoms with van der Waals surface area (Å²) in [6.45, 7) is 4.14. The maximum atomic E-state index is 13.8. The van der Waals surface area contributed by atoms with Crippen LogP contribution >= 0.6 is 0 Å². The van der Waals surface area contributed by atoms with Gasteiger partial charge in [-0.1, -0.05) is 18.2 Å². The summed E-state index contributed by atoms with van der Waals surface area (Å²) in [5, 5.41) is 11.8. The fourth-order valence-corrected chi connectivity index (χ4v) is 5.01. The number of amides is 1. The number of Topliss-reactive ketones (excluding diaryl/α,β-unsaturated/α-hetero) is 1. The van der Waals surface area contributed by atoms with Crippen LogP contribution in [0.3, 0.4) is 0 Å². The highest BCUT2D eigenvalue weighted by atomic mass is 16.5. The Morgan fingerprint density at radius 3 is 2.57 bits per heavy atom. The Bertz CT molecular complexity index is 1310. The van der Waals surface area contributed by atoms with E-state index in [2.05, 4.69) is 4.90 Å². The molecule has 1 fully saturated rings. The van der Waals surface area contributed by atoms with Gasteiger partial charge in [-0.2, -0.15) is 0 Å². The molecule has 0 bridgehead atoms. The van der Waals surface area contributed by atoms with Gasteiger partial charge in [0.15, 0.2) is 11.5 Å². The van der Waals surface area contributed by atoms with Crippen molar-refractivity contribution >= 4 is 22.7 Å². The summed E-state index contributed by atoms with van der Waals surface area (Å²) >= 11 is 0. The topological polar surface area (TPSA) is 102 Å². The van der Waals surface area contributed by atoms with Crippen LogP contribution in [0.4, 0.5) is 0 Å². The van der Waals surface area contributed by atoms with E-state index in [1.807, 2.05) is 18.2 Å². The van der Waals surface area contributed by atoms with Gasteiger partial charge in [-0.05, 0) is 36.8 Å². The first-order valence-corrected chi connectivity index (χ1v) is 12.3. The van der Waals surface area contributed by atoms with Crippen LogP contribution in [0.25, 0.3) is 11.0 Å². The molecule has 0 aliphatic carbocycles. The number of ether oxygens (including phenoxy) is 3. The first-order valence-electron chi connectivity index (χ1n) is 12.3. The Morgan fingerprint density at radius 2 is 1.84 bits per heavy atom. The molecular weight excluding hydrogens is 476 g/mol. The lowest BCUT2D eigenvalue weighted by Crippen LogP contribution is -2.39. The normalized spacial score (nSPS) is 18.6. The number of carbonyl (C=O) groups is 2. The minimum Gasteiger partial charge on any atom is -0.503 e. The van der Waals surface area contributed by atoms with Crippen molar-refractivity contribution in [1.29, 1.82) is 0 Å². The Balaban J connectivity index is 1.52. The fourth-order valence-electron chi connectivity index (χ4n) is 5.01. The first kappa shape index (κ1) is 24.9. The summed E-state index contributed by atoms with van der Waals surface area (Å²) in [6.07, 6.45) is 0.661. The van der Waals surface area contributed by atoms with Crippen molar-refractivity contribution in [2.75, 3.05) is 53.6 Å². The van der Waals surface area contributed by atoms with E-state index in [1.165, 1.54) is 12.0 Å². The molecule has 1 aromatic heterocycles. The van der Waals surface area contributed by atoms with Gasteiger partial charge in [-0.15, -0.1) is 0 Å². The molecule has 9 heteroatoms. The molecule has 1 saturated heterocycles. The quantitative estimate of drug-likeness (QED) is 0.438. The molecule has 3 aromatic rings. The van der Waals surface area contributed by atoms with E-state index in [0.717, 1.165) is 25.0 Å². The van der Waals surface area contributed by atoms with Crippen molar-refractivity contribution in [3.05, 3.63) is 71.2 Å². The predicted molar refractivity (Wildman–Crippen MR) is 136 cm³/mol. The number of methoxy groups -OCH3 is 2. The summed E-state index contributed by atoms with van der Waals surface area (Å²) in [5.74, 6) is -0.659. The number of nitrogens with zero attached hydrogens (tertiary/aromatic N) is 2. The number of ketones is 1. The number of rotatable bonds is 9. The molecule has 9 nitrogen and oxygen atoms in total. The minimum atomic E-state index is -0.872. The van der Waals surface area contributed by atoms with E-state index in [0.29, 0.717) is 48.8 Å². The summed E-state index contributed by atoms with van der Waals surface area (Å²) in [6, 6.07) is 13.2. The molecule has 3 heterocycles. The van der Waals surface area contributed by atoms with Crippen LogP contribution < -0.4 is 9.47 Å². The zero-order chi connectivity index (χ0) is 25.9. The minimum absolute atomic E-state index is 0.0398. The van der Waals surface area contributed by atoms with Gasteiger partial charge in [0, 0.05) is 37.1 Å². The maximum Gasteiger partial charge on any atom is 0.290 e. The second-order valence-corrected chi connectivity index (χ2v) is 9.06. The maximum absolute atomic E-state index is 13.8. The van der Waals surface area contributed by atoms with Gasteiger partial charge in [0.1, 0.15) is 17.1 Å². The molecule has 194 valence electrons. The van der Waals surface area contributed by atoms with Crippen molar-refractivity contribution in [3.8, 4) is 11.5 Å². The number of para-hydroxylation sites is 1. The van der Waals surface area contributed by atoms with Gasteiger partial charge < -0.3 is 28.6 Å². The molecule has 1 N–H and O–H groups in total. The lowest BCUT2D eigenvalue weighted by Gasteiger charge is -2.30. The summed E-state index contributed by atoms with van der Waals surface area (Å²) in [4.78, 5) is 31.0. The summed E-state index contributed by atoms with van der Waals surface area (Å²) < 4.78 is 22.3. The Labute approximate surface area is 214 Å². The van der Waals surface area contributed by atoms with Crippen LogP contribution in [0.2, 0.25) is 0 Å². The number of hydrogen-bond acceptors (Lipinski definition) is 8.